The summed E-state index contributed by atoms with van der Waals surface area (Å²) < 4.78 is 0.402. The number of halogens is 2. The fourth-order valence-corrected chi connectivity index (χ4v) is 3.66. The van der Waals surface area contributed by atoms with E-state index in [1.165, 1.54) is 42.5 Å². The van der Waals surface area contributed by atoms with E-state index in [9.17, 15) is 9.59 Å². The van der Waals surface area contributed by atoms with Gasteiger partial charge < -0.3 is 39.7 Å². The maximum absolute atomic E-state index is 12.0. The molecule has 0 saturated carbocycles. The van der Waals surface area contributed by atoms with Crippen molar-refractivity contribution in [3.05, 3.63) is 70.8 Å². The number of amides is 2. The molecule has 0 aromatic heterocycles. The molecule has 0 unspecified atom stereocenters. The van der Waals surface area contributed by atoms with E-state index in [1.54, 1.807) is 50.2 Å². The summed E-state index contributed by atoms with van der Waals surface area (Å²) >= 11 is 9.14. The Morgan fingerprint density at radius 2 is 1.04 bits per heavy atom. The van der Waals surface area contributed by atoms with E-state index in [0.717, 1.165) is 5.56 Å². The number of carbonyl (C=O) groups excluding carboxylic acids is 2. The number of hydrogen-bond acceptors (Lipinski definition) is 14. The standard InChI is InChI=1S/C15H19BrN4O4.C15H19ClN4O4/c2*1-10(18-22-3)14(16)20-24-9-11-7-5-6-8-12(11)13(19-23-4)15(21)17-2/h2*5-8H,9H2,1-4H3,(H,17,21)/b2*18-10+,19-13+,20-14-. The van der Waals surface area contributed by atoms with Crippen LogP contribution in [0.15, 0.2) is 79.5 Å². The van der Waals surface area contributed by atoms with Gasteiger partial charge in [-0.1, -0.05) is 91.1 Å². The van der Waals surface area contributed by atoms with Gasteiger partial charge in [-0.3, -0.25) is 9.59 Å². The minimum atomic E-state index is -0.381. The zero-order valence-corrected chi connectivity index (χ0v) is 30.1. The smallest absolute Gasteiger partial charge is 0.273 e. The highest BCUT2D eigenvalue weighted by Crippen LogP contribution is 2.14. The molecule has 0 spiro atoms. The number of benzene rings is 2. The van der Waals surface area contributed by atoms with Crippen molar-refractivity contribution in [2.75, 3.05) is 42.5 Å². The molecule has 0 radical (unpaired) electrons. The van der Waals surface area contributed by atoms with Gasteiger partial charge in [-0.05, 0) is 29.8 Å². The van der Waals surface area contributed by atoms with Gasteiger partial charge in [0.15, 0.2) is 21.2 Å². The molecule has 0 aliphatic heterocycles. The zero-order valence-electron chi connectivity index (χ0n) is 27.7. The predicted octanol–water partition coefficient (Wildman–Crippen LogP) is 3.90. The lowest BCUT2D eigenvalue weighted by molar-refractivity contribution is -0.115. The molecule has 0 atom stereocenters. The van der Waals surface area contributed by atoms with Gasteiger partial charge in [-0.15, -0.1) is 0 Å². The van der Waals surface area contributed by atoms with Crippen LogP contribution < -0.4 is 10.6 Å². The number of nitrogens with one attached hydrogen (secondary N) is 2. The summed E-state index contributed by atoms with van der Waals surface area (Å²) in [7, 11) is 8.61. The van der Waals surface area contributed by atoms with Crippen LogP contribution in [0.4, 0.5) is 0 Å². The Balaban J connectivity index is 0.000000480. The molecule has 260 valence electrons. The minimum absolute atomic E-state index is 0.0615. The van der Waals surface area contributed by atoms with Crippen molar-refractivity contribution in [3.8, 4) is 0 Å². The molecule has 2 aromatic rings. The highest BCUT2D eigenvalue weighted by Gasteiger charge is 2.18. The molecule has 0 saturated heterocycles. The van der Waals surface area contributed by atoms with Crippen molar-refractivity contribution in [2.45, 2.75) is 27.1 Å². The van der Waals surface area contributed by atoms with E-state index in [0.29, 0.717) is 32.7 Å². The van der Waals surface area contributed by atoms with E-state index in [4.69, 9.17) is 31.0 Å². The average molecular weight is 754 g/mol. The van der Waals surface area contributed by atoms with Crippen LogP contribution in [0.3, 0.4) is 0 Å². The van der Waals surface area contributed by atoms with Crippen molar-refractivity contribution in [1.29, 1.82) is 0 Å². The van der Waals surface area contributed by atoms with Crippen LogP contribution in [0.2, 0.25) is 0 Å². The summed E-state index contributed by atoms with van der Waals surface area (Å²) in [5.41, 5.74) is 3.75. The van der Waals surface area contributed by atoms with Crippen molar-refractivity contribution in [3.63, 3.8) is 0 Å². The number of hydrogen-bond donors (Lipinski definition) is 2. The highest BCUT2D eigenvalue weighted by molar-refractivity contribution is 9.19. The van der Waals surface area contributed by atoms with Gasteiger partial charge >= 0.3 is 0 Å². The topological polar surface area (TPSA) is 188 Å². The van der Waals surface area contributed by atoms with Gasteiger partial charge in [0.05, 0.1) is 0 Å². The SMILES string of the molecule is CNC(=O)/C(=N/OC)c1ccccc1CO/N=C(Br)/C(C)=N/OC.CNC(=O)/C(=N/OC)c1ccccc1CO/N=C(Cl)/C(C)=N/OC. The minimum Gasteiger partial charge on any atom is -0.399 e. The second-order valence-electron chi connectivity index (χ2n) is 8.75. The van der Waals surface area contributed by atoms with Gasteiger partial charge in [-0.2, -0.15) is 0 Å². The molecular formula is C30H38BrClN8O8. The first-order valence-corrected chi connectivity index (χ1v) is 15.0. The second-order valence-corrected chi connectivity index (χ2v) is 9.86. The molecule has 0 heterocycles. The number of carbonyl (C=O) groups is 2. The predicted molar refractivity (Wildman–Crippen MR) is 188 cm³/mol. The first-order chi connectivity index (χ1) is 23.1. The normalized spacial score (nSPS) is 12.6. The fourth-order valence-electron chi connectivity index (χ4n) is 3.40. The van der Waals surface area contributed by atoms with Crippen LogP contribution in [0, 0.1) is 0 Å². The summed E-state index contributed by atoms with van der Waals surface area (Å²) in [5, 5.41) is 27.7. The van der Waals surface area contributed by atoms with E-state index in [1.807, 2.05) is 12.1 Å². The third kappa shape index (κ3) is 13.8. The van der Waals surface area contributed by atoms with Crippen LogP contribution in [0.25, 0.3) is 0 Å². The number of nitrogens with zero attached hydrogens (tertiary/aromatic N) is 6. The molecule has 2 amide bonds. The van der Waals surface area contributed by atoms with E-state index in [-0.39, 0.29) is 41.6 Å². The Hall–Kier alpha value is -5.03. The molecule has 2 N–H and O–H groups in total. The van der Waals surface area contributed by atoms with Crippen molar-refractivity contribution >= 4 is 72.0 Å². The number of rotatable bonds is 16. The Bertz CT molecular complexity index is 1430. The molecule has 2 rings (SSSR count). The van der Waals surface area contributed by atoms with E-state index < -0.39 is 0 Å². The Kier molecular flexibility index (Phi) is 19.9. The lowest BCUT2D eigenvalue weighted by atomic mass is 10.0. The van der Waals surface area contributed by atoms with E-state index >= 15 is 0 Å². The highest BCUT2D eigenvalue weighted by atomic mass is 79.9. The molecular weight excluding hydrogens is 716 g/mol. The van der Waals surface area contributed by atoms with Gasteiger partial charge in [-0.25, -0.2) is 0 Å². The summed E-state index contributed by atoms with van der Waals surface area (Å²) in [4.78, 5) is 53.2. The van der Waals surface area contributed by atoms with Gasteiger partial charge in [0, 0.05) is 36.3 Å². The van der Waals surface area contributed by atoms with Crippen molar-refractivity contribution < 1.29 is 38.6 Å². The van der Waals surface area contributed by atoms with Crippen LogP contribution in [-0.4, -0.2) is 87.0 Å². The monoisotopic (exact) mass is 752 g/mol. The molecule has 0 fully saturated rings. The third-order valence-electron chi connectivity index (χ3n) is 5.58. The lowest BCUT2D eigenvalue weighted by Gasteiger charge is -2.10. The number of oxime groups is 6. The molecule has 0 aliphatic rings. The average Bonchev–Trinajstić information content (AvgIpc) is 3.09. The van der Waals surface area contributed by atoms with Crippen molar-refractivity contribution in [2.24, 2.45) is 30.9 Å². The molecule has 0 bridgehead atoms. The van der Waals surface area contributed by atoms with Crippen LogP contribution in [0.5, 0.6) is 0 Å². The van der Waals surface area contributed by atoms with Crippen LogP contribution in [-0.2, 0) is 51.8 Å². The first kappa shape index (κ1) is 41.0. The molecule has 16 nitrogen and oxygen atoms in total. The maximum Gasteiger partial charge on any atom is 0.273 e. The molecule has 48 heavy (non-hydrogen) atoms. The Morgan fingerprint density at radius 3 is 1.46 bits per heavy atom. The second kappa shape index (κ2) is 23.3. The Labute approximate surface area is 291 Å². The summed E-state index contributed by atoms with van der Waals surface area (Å²) in [6.45, 7) is 3.54. The third-order valence-corrected chi connectivity index (χ3v) is 6.64. The molecule has 0 aliphatic carbocycles. The molecule has 2 aromatic carbocycles. The largest absolute Gasteiger partial charge is 0.399 e. The number of likely N-dealkylation sites (N-methyl/N-ethyl adjacent to an activating group) is 2. The molecule has 18 heteroatoms. The summed E-state index contributed by atoms with van der Waals surface area (Å²) in [6.07, 6.45) is 0. The van der Waals surface area contributed by atoms with Gasteiger partial charge in [0.1, 0.15) is 53.1 Å². The van der Waals surface area contributed by atoms with Gasteiger partial charge in [0.2, 0.25) is 0 Å². The first-order valence-electron chi connectivity index (χ1n) is 13.8. The lowest BCUT2D eigenvalue weighted by Crippen LogP contribution is -2.29. The van der Waals surface area contributed by atoms with Gasteiger partial charge in [0.25, 0.3) is 11.8 Å². The summed E-state index contributed by atoms with van der Waals surface area (Å²) in [6, 6.07) is 14.3. The Morgan fingerprint density at radius 1 is 0.646 bits per heavy atom. The zero-order chi connectivity index (χ0) is 35.9. The van der Waals surface area contributed by atoms with Crippen LogP contribution >= 0.6 is 27.5 Å². The van der Waals surface area contributed by atoms with Crippen molar-refractivity contribution in [1.82, 2.24) is 10.6 Å². The van der Waals surface area contributed by atoms with E-state index in [2.05, 4.69) is 67.2 Å². The quantitative estimate of drug-likeness (QED) is 0.191. The summed E-state index contributed by atoms with van der Waals surface area (Å²) in [5.74, 6) is -0.744. The fraction of sp³-hybridized carbons (Fsp3) is 0.333. The van der Waals surface area contributed by atoms with Crippen LogP contribution in [0.1, 0.15) is 36.1 Å². The maximum atomic E-state index is 12.0.